The van der Waals surface area contributed by atoms with E-state index in [4.69, 9.17) is 4.74 Å². The first kappa shape index (κ1) is 30.2. The lowest BCUT2D eigenvalue weighted by Crippen LogP contribution is -2.16. The van der Waals surface area contributed by atoms with Crippen LogP contribution in [0.4, 0.5) is 26.3 Å². The van der Waals surface area contributed by atoms with Gasteiger partial charge in [0.2, 0.25) is 5.82 Å². The summed E-state index contributed by atoms with van der Waals surface area (Å²) in [5, 5.41) is 0. The minimum atomic E-state index is -1.27. The van der Waals surface area contributed by atoms with E-state index >= 15 is 8.78 Å². The Morgan fingerprint density at radius 1 is 0.643 bits per heavy atom. The van der Waals surface area contributed by atoms with Crippen molar-refractivity contribution in [3.8, 4) is 16.9 Å². The van der Waals surface area contributed by atoms with Gasteiger partial charge in [-0.1, -0.05) is 36.8 Å². The van der Waals surface area contributed by atoms with Gasteiger partial charge >= 0.3 is 0 Å². The zero-order valence-electron chi connectivity index (χ0n) is 24.0. The maximum absolute atomic E-state index is 15.2. The molecule has 0 amide bonds. The minimum Gasteiger partial charge on any atom is -0.491 e. The molecule has 1 nitrogen and oxygen atoms in total. The molecule has 0 saturated heterocycles. The quantitative estimate of drug-likeness (QED) is 0.239. The van der Waals surface area contributed by atoms with E-state index in [1.54, 1.807) is 26.0 Å². The number of ether oxygens (including phenoxy) is 1. The third kappa shape index (κ3) is 6.11. The maximum Gasteiger partial charge on any atom is 0.201 e. The summed E-state index contributed by atoms with van der Waals surface area (Å²) in [6.45, 7) is 3.34. The molecule has 0 aromatic heterocycles. The van der Waals surface area contributed by atoms with E-state index in [1.165, 1.54) is 24.3 Å². The summed E-state index contributed by atoms with van der Waals surface area (Å²) in [5.41, 5.74) is 1.17. The van der Waals surface area contributed by atoms with E-state index in [2.05, 4.69) is 0 Å². The highest BCUT2D eigenvalue weighted by atomic mass is 19.2. The van der Waals surface area contributed by atoms with Crippen LogP contribution in [0.5, 0.6) is 5.75 Å². The van der Waals surface area contributed by atoms with Crippen molar-refractivity contribution in [3.63, 3.8) is 0 Å². The maximum atomic E-state index is 15.2. The monoisotopic (exact) mass is 586 g/mol. The van der Waals surface area contributed by atoms with Gasteiger partial charge in [-0.25, -0.2) is 22.0 Å². The Morgan fingerprint density at radius 3 is 1.93 bits per heavy atom. The van der Waals surface area contributed by atoms with Crippen LogP contribution in [-0.4, -0.2) is 6.61 Å². The van der Waals surface area contributed by atoms with Gasteiger partial charge in [0.25, 0.3) is 0 Å². The van der Waals surface area contributed by atoms with Gasteiger partial charge in [-0.05, 0) is 112 Å². The van der Waals surface area contributed by atoms with Gasteiger partial charge < -0.3 is 4.74 Å². The zero-order valence-corrected chi connectivity index (χ0v) is 24.0. The van der Waals surface area contributed by atoms with E-state index in [0.29, 0.717) is 23.0 Å². The van der Waals surface area contributed by atoms with Crippen molar-refractivity contribution in [1.29, 1.82) is 0 Å². The first-order valence-corrected chi connectivity index (χ1v) is 14.9. The molecular weight excluding hydrogens is 550 g/mol. The Kier molecular flexibility index (Phi) is 9.34. The second-order valence-corrected chi connectivity index (χ2v) is 11.7. The van der Waals surface area contributed by atoms with Crippen molar-refractivity contribution in [2.75, 3.05) is 6.61 Å². The minimum absolute atomic E-state index is 0.128. The molecule has 0 radical (unpaired) electrons. The third-order valence-electron chi connectivity index (χ3n) is 9.16. The molecule has 1 saturated carbocycles. The third-order valence-corrected chi connectivity index (χ3v) is 9.16. The summed E-state index contributed by atoms with van der Waals surface area (Å²) >= 11 is 0. The molecule has 3 aromatic rings. The van der Waals surface area contributed by atoms with Crippen LogP contribution >= 0.6 is 0 Å². The fourth-order valence-corrected chi connectivity index (χ4v) is 6.62. The SMILES string of the molecule is CCOc1ccc(-c2ccc(C3CCC(CCC4CC=C(c5ccc(C)c(F)c5F)CC4)CC3)c(F)c2F)c(F)c1F. The molecule has 1 fully saturated rings. The van der Waals surface area contributed by atoms with Crippen molar-refractivity contribution in [2.45, 2.75) is 77.6 Å². The molecule has 224 valence electrons. The van der Waals surface area contributed by atoms with Crippen LogP contribution in [0.1, 0.15) is 87.3 Å². The van der Waals surface area contributed by atoms with Crippen LogP contribution in [0.3, 0.4) is 0 Å². The standard InChI is InChI=1S/C35H36F6O/c1-3-42-29-19-18-28(34(40)35(29)41)27-17-16-26(32(38)33(27)39)24-13-9-22(10-14-24)6-5-21-7-11-23(12-8-21)25-15-4-20(2)30(36)31(25)37/h4,11,15-19,21-22,24H,3,5-10,12-14H2,1-2H3. The summed E-state index contributed by atoms with van der Waals surface area (Å²) < 4.78 is 92.8. The molecule has 0 aliphatic heterocycles. The molecule has 1 unspecified atom stereocenters. The fourth-order valence-electron chi connectivity index (χ4n) is 6.62. The van der Waals surface area contributed by atoms with Crippen LogP contribution in [0.25, 0.3) is 16.7 Å². The summed E-state index contributed by atoms with van der Waals surface area (Å²) in [6.07, 6.45) is 9.94. The largest absolute Gasteiger partial charge is 0.491 e. The number of benzene rings is 3. The predicted octanol–water partition coefficient (Wildman–Crippen LogP) is 10.8. The van der Waals surface area contributed by atoms with Crippen molar-refractivity contribution < 1.29 is 31.1 Å². The Balaban J connectivity index is 1.16. The van der Waals surface area contributed by atoms with Crippen molar-refractivity contribution in [3.05, 3.63) is 94.1 Å². The second-order valence-electron chi connectivity index (χ2n) is 11.7. The molecule has 0 heterocycles. The lowest BCUT2D eigenvalue weighted by Gasteiger charge is -2.31. The summed E-state index contributed by atoms with van der Waals surface area (Å²) in [5.74, 6) is -5.61. The first-order chi connectivity index (χ1) is 20.2. The van der Waals surface area contributed by atoms with Gasteiger partial charge in [-0.2, -0.15) is 4.39 Å². The van der Waals surface area contributed by atoms with Crippen LogP contribution in [-0.2, 0) is 0 Å². The highest BCUT2D eigenvalue weighted by molar-refractivity contribution is 5.68. The Hall–Kier alpha value is -3.22. The second kappa shape index (κ2) is 13.0. The molecule has 2 aliphatic carbocycles. The van der Waals surface area contributed by atoms with Gasteiger partial charge in [0.1, 0.15) is 0 Å². The molecule has 0 spiro atoms. The molecular formula is C35H36F6O. The van der Waals surface area contributed by atoms with E-state index in [9.17, 15) is 17.6 Å². The molecule has 1 atom stereocenters. The summed E-state index contributed by atoms with van der Waals surface area (Å²) in [4.78, 5) is 0. The number of allylic oxidation sites excluding steroid dienone is 2. The van der Waals surface area contributed by atoms with E-state index in [1.807, 2.05) is 6.08 Å². The molecule has 5 rings (SSSR count). The molecule has 0 N–H and O–H groups in total. The van der Waals surface area contributed by atoms with Gasteiger partial charge in [0.05, 0.1) is 6.61 Å². The van der Waals surface area contributed by atoms with Crippen LogP contribution in [0.15, 0.2) is 42.5 Å². The van der Waals surface area contributed by atoms with Gasteiger partial charge in [-0.3, -0.25) is 0 Å². The first-order valence-electron chi connectivity index (χ1n) is 14.9. The summed E-state index contributed by atoms with van der Waals surface area (Å²) in [6, 6.07) is 8.54. The molecule has 7 heteroatoms. The number of hydrogen-bond donors (Lipinski definition) is 0. The zero-order chi connectivity index (χ0) is 30.0. The van der Waals surface area contributed by atoms with Gasteiger partial charge in [0, 0.05) is 16.7 Å². The van der Waals surface area contributed by atoms with E-state index in [-0.39, 0.29) is 35.0 Å². The van der Waals surface area contributed by atoms with Gasteiger partial charge in [-0.15, -0.1) is 0 Å². The predicted molar refractivity (Wildman–Crippen MR) is 153 cm³/mol. The van der Waals surface area contributed by atoms with Crippen molar-refractivity contribution >= 4 is 5.57 Å². The lowest BCUT2D eigenvalue weighted by molar-refractivity contribution is 0.278. The number of rotatable bonds is 8. The average Bonchev–Trinajstić information content (AvgIpc) is 3.00. The molecule has 42 heavy (non-hydrogen) atoms. The van der Waals surface area contributed by atoms with Crippen LogP contribution in [0, 0.1) is 53.7 Å². The highest BCUT2D eigenvalue weighted by Gasteiger charge is 2.28. The van der Waals surface area contributed by atoms with Crippen LogP contribution < -0.4 is 4.74 Å². The lowest BCUT2D eigenvalue weighted by atomic mass is 9.75. The topological polar surface area (TPSA) is 9.23 Å². The Bertz CT molecular complexity index is 1470. The number of hydrogen-bond acceptors (Lipinski definition) is 1. The Labute approximate surface area is 243 Å². The number of halogens is 6. The normalized spacial score (nSPS) is 20.9. The molecule has 3 aromatic carbocycles. The van der Waals surface area contributed by atoms with Gasteiger partial charge in [0.15, 0.2) is 34.8 Å². The fraction of sp³-hybridized carbons (Fsp3) is 0.429. The highest BCUT2D eigenvalue weighted by Crippen LogP contribution is 2.42. The summed E-state index contributed by atoms with van der Waals surface area (Å²) in [7, 11) is 0. The van der Waals surface area contributed by atoms with E-state index < -0.39 is 34.9 Å². The van der Waals surface area contributed by atoms with Crippen LogP contribution in [0.2, 0.25) is 0 Å². The smallest absolute Gasteiger partial charge is 0.201 e. The van der Waals surface area contributed by atoms with Crippen molar-refractivity contribution in [2.24, 2.45) is 11.8 Å². The van der Waals surface area contributed by atoms with Crippen molar-refractivity contribution in [1.82, 2.24) is 0 Å². The average molecular weight is 587 g/mol. The number of aryl methyl sites for hydroxylation is 1. The van der Waals surface area contributed by atoms with E-state index in [0.717, 1.165) is 63.4 Å². The molecule has 0 bridgehead atoms. The Morgan fingerprint density at radius 2 is 1.26 bits per heavy atom. The molecule has 2 aliphatic rings.